The molecule has 1 aromatic rings. The van der Waals surface area contributed by atoms with Crippen molar-refractivity contribution in [3.8, 4) is 0 Å². The second-order valence-corrected chi connectivity index (χ2v) is 6.81. The molecule has 2 fully saturated rings. The van der Waals surface area contributed by atoms with Crippen molar-refractivity contribution in [2.24, 2.45) is 5.41 Å². The van der Waals surface area contributed by atoms with Gasteiger partial charge in [0.1, 0.15) is 5.82 Å². The van der Waals surface area contributed by atoms with Gasteiger partial charge in [-0.1, -0.05) is 36.9 Å². The predicted octanol–water partition coefficient (Wildman–Crippen LogP) is 4.55. The SMILES string of the molecule is O=C(O)C1(c2c(F)cccc2Cl)CC2(CCCCC2)C1. The van der Waals surface area contributed by atoms with Gasteiger partial charge in [0, 0.05) is 10.6 Å². The molecule has 0 radical (unpaired) electrons. The molecule has 2 saturated carbocycles. The van der Waals surface area contributed by atoms with E-state index in [9.17, 15) is 14.3 Å². The Morgan fingerprint density at radius 2 is 1.85 bits per heavy atom. The van der Waals surface area contributed by atoms with Gasteiger partial charge in [0.25, 0.3) is 0 Å². The summed E-state index contributed by atoms with van der Waals surface area (Å²) in [6, 6.07) is 4.40. The minimum Gasteiger partial charge on any atom is -0.481 e. The van der Waals surface area contributed by atoms with Crippen LogP contribution >= 0.6 is 11.6 Å². The van der Waals surface area contributed by atoms with Crippen LogP contribution in [-0.4, -0.2) is 11.1 Å². The van der Waals surface area contributed by atoms with Crippen LogP contribution in [0.3, 0.4) is 0 Å². The zero-order valence-electron chi connectivity index (χ0n) is 11.3. The first kappa shape index (κ1) is 13.9. The number of carbonyl (C=O) groups is 1. The number of carboxylic acid groups (broad SMARTS) is 1. The van der Waals surface area contributed by atoms with Gasteiger partial charge >= 0.3 is 5.97 Å². The smallest absolute Gasteiger partial charge is 0.314 e. The van der Waals surface area contributed by atoms with Crippen molar-refractivity contribution in [2.45, 2.75) is 50.4 Å². The van der Waals surface area contributed by atoms with E-state index in [1.54, 1.807) is 6.07 Å². The molecular weight excluding hydrogens is 279 g/mol. The maximum Gasteiger partial charge on any atom is 0.314 e. The molecule has 0 aromatic heterocycles. The molecule has 0 unspecified atom stereocenters. The Kier molecular flexibility index (Phi) is 3.28. The number of benzene rings is 1. The molecule has 0 bridgehead atoms. The number of hydrogen-bond donors (Lipinski definition) is 1. The van der Waals surface area contributed by atoms with Crippen molar-refractivity contribution in [2.75, 3.05) is 0 Å². The van der Waals surface area contributed by atoms with Gasteiger partial charge in [0.15, 0.2) is 0 Å². The molecule has 1 spiro atoms. The summed E-state index contributed by atoms with van der Waals surface area (Å²) in [5.74, 6) is -1.44. The van der Waals surface area contributed by atoms with Crippen molar-refractivity contribution >= 4 is 17.6 Å². The van der Waals surface area contributed by atoms with Crippen molar-refractivity contribution < 1.29 is 14.3 Å². The third kappa shape index (κ3) is 1.95. The van der Waals surface area contributed by atoms with E-state index < -0.39 is 17.2 Å². The van der Waals surface area contributed by atoms with Crippen LogP contribution in [0.4, 0.5) is 4.39 Å². The molecule has 2 nitrogen and oxygen atoms in total. The Hall–Kier alpha value is -1.09. The first-order valence-corrected chi connectivity index (χ1v) is 7.55. The van der Waals surface area contributed by atoms with Gasteiger partial charge < -0.3 is 5.11 Å². The molecule has 108 valence electrons. The molecule has 3 rings (SSSR count). The molecule has 0 atom stereocenters. The van der Waals surface area contributed by atoms with E-state index in [0.29, 0.717) is 12.8 Å². The summed E-state index contributed by atoms with van der Waals surface area (Å²) < 4.78 is 14.1. The summed E-state index contributed by atoms with van der Waals surface area (Å²) in [4.78, 5) is 11.8. The Balaban J connectivity index is 1.98. The second kappa shape index (κ2) is 4.73. The normalized spacial score (nSPS) is 23.3. The van der Waals surface area contributed by atoms with E-state index in [0.717, 1.165) is 25.7 Å². The average Bonchev–Trinajstić information content (AvgIpc) is 2.37. The van der Waals surface area contributed by atoms with Crippen LogP contribution in [0.5, 0.6) is 0 Å². The molecule has 2 aliphatic carbocycles. The molecule has 4 heteroatoms. The van der Waals surface area contributed by atoms with E-state index in [1.165, 1.54) is 18.6 Å². The van der Waals surface area contributed by atoms with E-state index in [1.807, 2.05) is 0 Å². The predicted molar refractivity (Wildman–Crippen MR) is 75.5 cm³/mol. The number of rotatable bonds is 2. The summed E-state index contributed by atoms with van der Waals surface area (Å²) in [6.45, 7) is 0. The number of halogens is 2. The summed E-state index contributed by atoms with van der Waals surface area (Å²) in [5.41, 5.74) is -0.840. The summed E-state index contributed by atoms with van der Waals surface area (Å²) in [5, 5.41) is 9.91. The zero-order valence-corrected chi connectivity index (χ0v) is 12.0. The largest absolute Gasteiger partial charge is 0.481 e. The molecule has 20 heavy (non-hydrogen) atoms. The van der Waals surface area contributed by atoms with Crippen LogP contribution in [0.15, 0.2) is 18.2 Å². The van der Waals surface area contributed by atoms with Crippen LogP contribution in [0.25, 0.3) is 0 Å². The second-order valence-electron chi connectivity index (χ2n) is 6.40. The van der Waals surface area contributed by atoms with Crippen LogP contribution in [0, 0.1) is 11.2 Å². The van der Waals surface area contributed by atoms with Crippen molar-refractivity contribution in [1.29, 1.82) is 0 Å². The monoisotopic (exact) mass is 296 g/mol. The molecule has 1 aromatic carbocycles. The highest BCUT2D eigenvalue weighted by atomic mass is 35.5. The highest BCUT2D eigenvalue weighted by Gasteiger charge is 2.61. The Morgan fingerprint density at radius 1 is 1.20 bits per heavy atom. The first-order valence-electron chi connectivity index (χ1n) is 7.17. The third-order valence-electron chi connectivity index (χ3n) is 5.12. The molecule has 0 heterocycles. The minimum atomic E-state index is -1.13. The molecule has 0 saturated heterocycles. The van der Waals surface area contributed by atoms with Gasteiger partial charge in [0.2, 0.25) is 0 Å². The van der Waals surface area contributed by atoms with E-state index >= 15 is 0 Å². The van der Waals surface area contributed by atoms with E-state index in [2.05, 4.69) is 0 Å². The van der Waals surface area contributed by atoms with Gasteiger partial charge in [-0.05, 0) is 43.2 Å². The standard InChI is InChI=1S/C16H18ClFO2/c17-11-5-4-6-12(18)13(11)16(14(19)20)9-15(10-16)7-2-1-3-8-15/h4-6H,1-3,7-10H2,(H,19,20). The molecule has 2 aliphatic rings. The Morgan fingerprint density at radius 3 is 2.40 bits per heavy atom. The highest BCUT2D eigenvalue weighted by Crippen LogP contribution is 2.63. The molecule has 1 N–H and O–H groups in total. The lowest BCUT2D eigenvalue weighted by Crippen LogP contribution is -2.55. The topological polar surface area (TPSA) is 37.3 Å². The molecular formula is C16H18ClFO2. The van der Waals surface area contributed by atoms with Gasteiger partial charge in [-0.3, -0.25) is 4.79 Å². The van der Waals surface area contributed by atoms with Crippen molar-refractivity contribution in [1.82, 2.24) is 0 Å². The van der Waals surface area contributed by atoms with Gasteiger partial charge in [-0.2, -0.15) is 0 Å². The van der Waals surface area contributed by atoms with Crippen molar-refractivity contribution in [3.63, 3.8) is 0 Å². The quantitative estimate of drug-likeness (QED) is 0.869. The van der Waals surface area contributed by atoms with Crippen LogP contribution in [-0.2, 0) is 10.2 Å². The Bertz CT molecular complexity index is 521. The summed E-state index contributed by atoms with van der Waals surface area (Å²) in [7, 11) is 0. The van der Waals surface area contributed by atoms with Crippen molar-refractivity contribution in [3.05, 3.63) is 34.6 Å². The fourth-order valence-corrected chi connectivity index (χ4v) is 4.62. The lowest BCUT2D eigenvalue weighted by Gasteiger charge is -2.56. The summed E-state index contributed by atoms with van der Waals surface area (Å²) >= 11 is 6.09. The van der Waals surface area contributed by atoms with E-state index in [-0.39, 0.29) is 16.0 Å². The van der Waals surface area contributed by atoms with Gasteiger partial charge in [0.05, 0.1) is 5.41 Å². The van der Waals surface area contributed by atoms with Crippen LogP contribution in [0.2, 0.25) is 5.02 Å². The van der Waals surface area contributed by atoms with Crippen LogP contribution in [0.1, 0.15) is 50.5 Å². The lowest BCUT2D eigenvalue weighted by atomic mass is 9.46. The number of carboxylic acids is 1. The van der Waals surface area contributed by atoms with Gasteiger partial charge in [-0.25, -0.2) is 4.39 Å². The number of hydrogen-bond acceptors (Lipinski definition) is 1. The Labute approximate surface area is 122 Å². The zero-order chi connectivity index (χ0) is 14.4. The highest BCUT2D eigenvalue weighted by molar-refractivity contribution is 6.31. The van der Waals surface area contributed by atoms with Gasteiger partial charge in [-0.15, -0.1) is 0 Å². The number of aliphatic carboxylic acids is 1. The molecule has 0 amide bonds. The first-order chi connectivity index (χ1) is 9.49. The summed E-state index contributed by atoms with van der Waals surface area (Å²) in [6.07, 6.45) is 6.71. The lowest BCUT2D eigenvalue weighted by molar-refractivity contribution is -0.157. The maximum absolute atomic E-state index is 14.1. The maximum atomic E-state index is 14.1. The minimum absolute atomic E-state index is 0.0995. The average molecular weight is 297 g/mol. The fraction of sp³-hybridized carbons (Fsp3) is 0.562. The van der Waals surface area contributed by atoms with E-state index in [4.69, 9.17) is 11.6 Å². The third-order valence-corrected chi connectivity index (χ3v) is 5.43. The fourth-order valence-electron chi connectivity index (χ4n) is 4.27. The molecule has 0 aliphatic heterocycles. The van der Waals surface area contributed by atoms with Crippen LogP contribution < -0.4 is 0 Å².